The number of carboxylic acids is 1. The molecule has 1 N–H and O–H groups in total. The quantitative estimate of drug-likeness (QED) is 0.618. The minimum Gasteiger partial charge on any atom is -0.476 e. The summed E-state index contributed by atoms with van der Waals surface area (Å²) in [6.45, 7) is 3.43. The predicted molar refractivity (Wildman–Crippen MR) is 41.7 cm³/mol. The lowest BCUT2D eigenvalue weighted by molar-refractivity contribution is -0.149. The third-order valence-electron chi connectivity index (χ3n) is 1.48. The first-order chi connectivity index (χ1) is 5.45. The van der Waals surface area contributed by atoms with E-state index in [1.807, 2.05) is 0 Å². The highest BCUT2D eigenvalue weighted by atomic mass is 16.4. The SMILES string of the molecule is CC(C)C(=O)CCC(=O)C(=O)O. The molecule has 0 aromatic heterocycles. The van der Waals surface area contributed by atoms with E-state index in [1.165, 1.54) is 0 Å². The fourth-order valence-corrected chi connectivity index (χ4v) is 0.632. The molecule has 0 atom stereocenters. The predicted octanol–water partition coefficient (Wildman–Crippen LogP) is 0.645. The van der Waals surface area contributed by atoms with E-state index in [2.05, 4.69) is 0 Å². The summed E-state index contributed by atoms with van der Waals surface area (Å²) in [4.78, 5) is 31.5. The molecule has 0 heterocycles. The van der Waals surface area contributed by atoms with E-state index in [-0.39, 0.29) is 24.5 Å². The number of ketones is 2. The zero-order valence-electron chi connectivity index (χ0n) is 7.16. The number of aliphatic carboxylic acids is 1. The molecule has 68 valence electrons. The topological polar surface area (TPSA) is 71.4 Å². The monoisotopic (exact) mass is 172 g/mol. The third kappa shape index (κ3) is 3.85. The fraction of sp³-hybridized carbons (Fsp3) is 0.625. The first kappa shape index (κ1) is 10.8. The Morgan fingerprint density at radius 3 is 2.00 bits per heavy atom. The smallest absolute Gasteiger partial charge is 0.372 e. The van der Waals surface area contributed by atoms with Crippen molar-refractivity contribution in [3.8, 4) is 0 Å². The number of rotatable bonds is 5. The van der Waals surface area contributed by atoms with Gasteiger partial charge in [0, 0.05) is 18.8 Å². The maximum Gasteiger partial charge on any atom is 0.372 e. The van der Waals surface area contributed by atoms with E-state index < -0.39 is 11.8 Å². The molecule has 0 unspecified atom stereocenters. The molecular formula is C8H12O4. The van der Waals surface area contributed by atoms with Crippen molar-refractivity contribution in [2.24, 2.45) is 5.92 Å². The molecule has 0 saturated carbocycles. The maximum absolute atomic E-state index is 10.9. The summed E-state index contributed by atoms with van der Waals surface area (Å²) in [5.41, 5.74) is 0. The van der Waals surface area contributed by atoms with E-state index in [0.29, 0.717) is 0 Å². The van der Waals surface area contributed by atoms with Gasteiger partial charge in [-0.3, -0.25) is 9.59 Å². The molecule has 0 aliphatic carbocycles. The molecule has 4 heteroatoms. The van der Waals surface area contributed by atoms with Crippen LogP contribution in [0.5, 0.6) is 0 Å². The zero-order valence-corrected chi connectivity index (χ0v) is 7.16. The number of carbonyl (C=O) groups is 3. The molecule has 0 rings (SSSR count). The highest BCUT2D eigenvalue weighted by Crippen LogP contribution is 2.02. The van der Waals surface area contributed by atoms with Crippen molar-refractivity contribution in [1.82, 2.24) is 0 Å². The summed E-state index contributed by atoms with van der Waals surface area (Å²) in [5.74, 6) is -2.58. The lowest BCUT2D eigenvalue weighted by Crippen LogP contribution is -2.15. The molecule has 0 aliphatic rings. The van der Waals surface area contributed by atoms with Gasteiger partial charge in [0.25, 0.3) is 0 Å². The van der Waals surface area contributed by atoms with Crippen LogP contribution >= 0.6 is 0 Å². The van der Waals surface area contributed by atoms with Gasteiger partial charge < -0.3 is 5.11 Å². The summed E-state index contributed by atoms with van der Waals surface area (Å²) in [7, 11) is 0. The van der Waals surface area contributed by atoms with Crippen molar-refractivity contribution in [3.63, 3.8) is 0 Å². The first-order valence-electron chi connectivity index (χ1n) is 3.74. The zero-order chi connectivity index (χ0) is 9.72. The van der Waals surface area contributed by atoms with Gasteiger partial charge in [-0.25, -0.2) is 4.79 Å². The van der Waals surface area contributed by atoms with Crippen LogP contribution in [0.2, 0.25) is 0 Å². The van der Waals surface area contributed by atoms with Crippen molar-refractivity contribution >= 4 is 17.5 Å². The Labute approximate surface area is 70.6 Å². The molecule has 0 aliphatic heterocycles. The van der Waals surface area contributed by atoms with Crippen LogP contribution < -0.4 is 0 Å². The van der Waals surface area contributed by atoms with Gasteiger partial charge in [0.1, 0.15) is 5.78 Å². The summed E-state index contributed by atoms with van der Waals surface area (Å²) >= 11 is 0. The molecule has 12 heavy (non-hydrogen) atoms. The Hall–Kier alpha value is -1.19. The van der Waals surface area contributed by atoms with Crippen molar-refractivity contribution in [2.75, 3.05) is 0 Å². The highest BCUT2D eigenvalue weighted by molar-refractivity contribution is 6.32. The molecule has 0 aromatic carbocycles. The van der Waals surface area contributed by atoms with Crippen LogP contribution in [-0.4, -0.2) is 22.6 Å². The molecule has 4 nitrogen and oxygen atoms in total. The lowest BCUT2D eigenvalue weighted by atomic mass is 10.0. The van der Waals surface area contributed by atoms with Crippen molar-refractivity contribution < 1.29 is 19.5 Å². The number of carbonyl (C=O) groups excluding carboxylic acids is 2. The van der Waals surface area contributed by atoms with Gasteiger partial charge in [-0.2, -0.15) is 0 Å². The van der Waals surface area contributed by atoms with Crippen LogP contribution in [0.25, 0.3) is 0 Å². The molecule has 0 saturated heterocycles. The Morgan fingerprint density at radius 1 is 1.17 bits per heavy atom. The Bertz CT molecular complexity index is 205. The Kier molecular flexibility index (Phi) is 4.18. The average molecular weight is 172 g/mol. The van der Waals surface area contributed by atoms with Crippen LogP contribution in [0.3, 0.4) is 0 Å². The minimum atomic E-state index is -1.47. The standard InChI is InChI=1S/C8H12O4/c1-5(2)6(9)3-4-7(10)8(11)12/h5H,3-4H2,1-2H3,(H,11,12). The molecule has 0 radical (unpaired) electrons. The van der Waals surface area contributed by atoms with Gasteiger partial charge in [0.05, 0.1) is 0 Å². The minimum absolute atomic E-state index is 0.0306. The Balaban J connectivity index is 3.77. The summed E-state index contributed by atoms with van der Waals surface area (Å²) in [6, 6.07) is 0. The second kappa shape index (κ2) is 4.64. The van der Waals surface area contributed by atoms with Gasteiger partial charge in [0.15, 0.2) is 0 Å². The normalized spacial score (nSPS) is 9.92. The molecule has 0 aromatic rings. The van der Waals surface area contributed by atoms with Crippen LogP contribution in [0.15, 0.2) is 0 Å². The molecule has 0 spiro atoms. The Morgan fingerprint density at radius 2 is 1.67 bits per heavy atom. The highest BCUT2D eigenvalue weighted by Gasteiger charge is 2.14. The van der Waals surface area contributed by atoms with Gasteiger partial charge in [-0.15, -0.1) is 0 Å². The lowest BCUT2D eigenvalue weighted by Gasteiger charge is -2.00. The van der Waals surface area contributed by atoms with E-state index >= 15 is 0 Å². The van der Waals surface area contributed by atoms with E-state index in [0.717, 1.165) is 0 Å². The van der Waals surface area contributed by atoms with Gasteiger partial charge in [-0.1, -0.05) is 13.8 Å². The molecule has 0 bridgehead atoms. The summed E-state index contributed by atoms with van der Waals surface area (Å²) < 4.78 is 0. The number of hydrogen-bond acceptors (Lipinski definition) is 3. The number of hydrogen-bond donors (Lipinski definition) is 1. The first-order valence-corrected chi connectivity index (χ1v) is 3.74. The van der Waals surface area contributed by atoms with Gasteiger partial charge in [0.2, 0.25) is 5.78 Å². The largest absolute Gasteiger partial charge is 0.476 e. The second-order valence-corrected chi connectivity index (χ2v) is 2.85. The van der Waals surface area contributed by atoms with Gasteiger partial charge >= 0.3 is 5.97 Å². The number of Topliss-reactive ketones (excluding diaryl/α,β-unsaturated/α-hetero) is 2. The van der Waals surface area contributed by atoms with Gasteiger partial charge in [-0.05, 0) is 0 Å². The summed E-state index contributed by atoms with van der Waals surface area (Å²) in [6.07, 6.45) is -0.158. The summed E-state index contributed by atoms with van der Waals surface area (Å²) in [5, 5.41) is 8.17. The molecule has 0 amide bonds. The molecular weight excluding hydrogens is 160 g/mol. The van der Waals surface area contributed by atoms with Crippen LogP contribution in [0, 0.1) is 5.92 Å². The fourth-order valence-electron chi connectivity index (χ4n) is 0.632. The third-order valence-corrected chi connectivity index (χ3v) is 1.48. The number of carboxylic acid groups (broad SMARTS) is 1. The van der Waals surface area contributed by atoms with Crippen LogP contribution in [0.4, 0.5) is 0 Å². The van der Waals surface area contributed by atoms with Crippen molar-refractivity contribution in [3.05, 3.63) is 0 Å². The second-order valence-electron chi connectivity index (χ2n) is 2.85. The van der Waals surface area contributed by atoms with E-state index in [1.54, 1.807) is 13.8 Å². The van der Waals surface area contributed by atoms with Crippen molar-refractivity contribution in [1.29, 1.82) is 0 Å². The van der Waals surface area contributed by atoms with Crippen LogP contribution in [0.1, 0.15) is 26.7 Å². The van der Waals surface area contributed by atoms with Crippen molar-refractivity contribution in [2.45, 2.75) is 26.7 Å². The molecule has 0 fully saturated rings. The van der Waals surface area contributed by atoms with E-state index in [9.17, 15) is 14.4 Å². The maximum atomic E-state index is 10.9. The van der Waals surface area contributed by atoms with Crippen LogP contribution in [-0.2, 0) is 14.4 Å². The average Bonchev–Trinajstić information content (AvgIpc) is 1.98. The van der Waals surface area contributed by atoms with E-state index in [4.69, 9.17) is 5.11 Å².